The maximum Gasteiger partial charge on any atom is 0.406 e. The quantitative estimate of drug-likeness (QED) is 0.457. The van der Waals surface area contributed by atoms with Gasteiger partial charge in [-0.25, -0.2) is 4.99 Å². The van der Waals surface area contributed by atoms with Gasteiger partial charge in [0.2, 0.25) is 5.91 Å². The summed E-state index contributed by atoms with van der Waals surface area (Å²) in [7, 11) is 1.12. The van der Waals surface area contributed by atoms with Gasteiger partial charge >= 0.3 is 6.18 Å². The Kier molecular flexibility index (Phi) is 6.51. The first kappa shape index (κ1) is 17.3. The largest absolute Gasteiger partial charge is 0.406 e. The molecule has 1 aliphatic rings. The molecule has 0 heterocycles. The average Bonchev–Trinajstić information content (AvgIpc) is 2.86. The van der Waals surface area contributed by atoms with Gasteiger partial charge in [0, 0.05) is 19.6 Å². The van der Waals surface area contributed by atoms with Gasteiger partial charge in [0.05, 0.1) is 0 Å². The lowest BCUT2D eigenvalue weighted by atomic mass is 10.2. The molecule has 21 heavy (non-hydrogen) atoms. The molecule has 0 aromatic heterocycles. The summed E-state index contributed by atoms with van der Waals surface area (Å²) >= 11 is 0. The molecule has 0 saturated heterocycles. The number of aliphatic imine (C=N–C) groups is 1. The smallest absolute Gasteiger partial charge is 0.357 e. The fourth-order valence-electron chi connectivity index (χ4n) is 1.87. The summed E-state index contributed by atoms with van der Waals surface area (Å²) in [6.07, 6.45) is 1.43. The molecule has 120 valence electrons. The molecule has 5 nitrogen and oxygen atoms in total. The SMILES string of the molecule is CCNC(=NCC(=O)N(C)CC(F)(F)F)NC1CC=CC1. The number of alkyl halides is 3. The minimum absolute atomic E-state index is 0.214. The minimum atomic E-state index is -4.40. The zero-order chi connectivity index (χ0) is 15.9. The number of likely N-dealkylation sites (N-methyl/N-ethyl adjacent to an activating group) is 1. The normalized spacial score (nSPS) is 16.1. The predicted octanol–water partition coefficient (Wildman–Crippen LogP) is 1.28. The van der Waals surface area contributed by atoms with Crippen LogP contribution in [0.1, 0.15) is 19.8 Å². The molecule has 0 aromatic carbocycles. The summed E-state index contributed by atoms with van der Waals surface area (Å²) in [4.78, 5) is 16.3. The Morgan fingerprint density at radius 1 is 1.38 bits per heavy atom. The van der Waals surface area contributed by atoms with Crippen molar-refractivity contribution in [3.63, 3.8) is 0 Å². The highest BCUT2D eigenvalue weighted by Crippen LogP contribution is 2.15. The van der Waals surface area contributed by atoms with Gasteiger partial charge < -0.3 is 15.5 Å². The highest BCUT2D eigenvalue weighted by Gasteiger charge is 2.31. The highest BCUT2D eigenvalue weighted by atomic mass is 19.4. The number of hydrogen-bond acceptors (Lipinski definition) is 2. The Morgan fingerprint density at radius 2 is 2.00 bits per heavy atom. The Morgan fingerprint density at radius 3 is 2.52 bits per heavy atom. The van der Waals surface area contributed by atoms with E-state index < -0.39 is 18.6 Å². The molecule has 0 bridgehead atoms. The van der Waals surface area contributed by atoms with Crippen molar-refractivity contribution in [2.75, 3.05) is 26.7 Å². The zero-order valence-corrected chi connectivity index (χ0v) is 12.2. The number of halogens is 3. The molecule has 0 aliphatic heterocycles. The van der Waals surface area contributed by atoms with Crippen molar-refractivity contribution in [2.24, 2.45) is 4.99 Å². The molecule has 1 aliphatic carbocycles. The lowest BCUT2D eigenvalue weighted by Crippen LogP contribution is -2.43. The standard InChI is InChI=1S/C13H21F3N4O/c1-3-17-12(19-10-6-4-5-7-10)18-8-11(21)20(2)9-13(14,15)16/h4-5,10H,3,6-9H2,1-2H3,(H2,17,18,19). The zero-order valence-electron chi connectivity index (χ0n) is 12.2. The predicted molar refractivity (Wildman–Crippen MR) is 75.0 cm³/mol. The maximum absolute atomic E-state index is 12.2. The third-order valence-corrected chi connectivity index (χ3v) is 2.91. The van der Waals surface area contributed by atoms with Gasteiger partial charge in [-0.3, -0.25) is 4.79 Å². The summed E-state index contributed by atoms with van der Waals surface area (Å²) in [5.41, 5.74) is 0. The van der Waals surface area contributed by atoms with E-state index in [4.69, 9.17) is 0 Å². The van der Waals surface area contributed by atoms with Gasteiger partial charge in [0.15, 0.2) is 5.96 Å². The van der Waals surface area contributed by atoms with Crippen molar-refractivity contribution in [1.29, 1.82) is 0 Å². The number of nitrogens with zero attached hydrogens (tertiary/aromatic N) is 2. The summed E-state index contributed by atoms with van der Waals surface area (Å²) < 4.78 is 36.6. The second-order valence-corrected chi connectivity index (χ2v) is 4.84. The fourth-order valence-corrected chi connectivity index (χ4v) is 1.87. The molecule has 0 unspecified atom stereocenters. The first-order chi connectivity index (χ1) is 9.81. The van der Waals surface area contributed by atoms with E-state index in [2.05, 4.69) is 15.6 Å². The van der Waals surface area contributed by atoms with Crippen LogP contribution >= 0.6 is 0 Å². The van der Waals surface area contributed by atoms with E-state index in [0.29, 0.717) is 17.4 Å². The van der Waals surface area contributed by atoms with Gasteiger partial charge in [-0.05, 0) is 19.8 Å². The van der Waals surface area contributed by atoms with Crippen LogP contribution in [0.25, 0.3) is 0 Å². The van der Waals surface area contributed by atoms with Gasteiger partial charge in [0.25, 0.3) is 0 Å². The number of amides is 1. The number of rotatable bonds is 5. The molecule has 0 saturated carbocycles. The summed E-state index contributed by atoms with van der Waals surface area (Å²) in [5, 5.41) is 6.11. The summed E-state index contributed by atoms with van der Waals surface area (Å²) in [6, 6.07) is 0.214. The van der Waals surface area contributed by atoms with Gasteiger partial charge in [-0.1, -0.05) is 12.2 Å². The van der Waals surface area contributed by atoms with E-state index in [1.165, 1.54) is 0 Å². The monoisotopic (exact) mass is 306 g/mol. The van der Waals surface area contributed by atoms with Crippen LogP contribution < -0.4 is 10.6 Å². The minimum Gasteiger partial charge on any atom is -0.357 e. The number of carbonyl (C=O) groups excluding carboxylic acids is 1. The van der Waals surface area contributed by atoms with Gasteiger partial charge in [-0.15, -0.1) is 0 Å². The molecule has 2 N–H and O–H groups in total. The number of hydrogen-bond donors (Lipinski definition) is 2. The lowest BCUT2D eigenvalue weighted by molar-refractivity contribution is -0.157. The first-order valence-corrected chi connectivity index (χ1v) is 6.82. The van der Waals surface area contributed by atoms with Crippen molar-refractivity contribution < 1.29 is 18.0 Å². The van der Waals surface area contributed by atoms with Crippen molar-refractivity contribution >= 4 is 11.9 Å². The van der Waals surface area contributed by atoms with E-state index in [1.807, 2.05) is 19.1 Å². The second-order valence-electron chi connectivity index (χ2n) is 4.84. The fraction of sp³-hybridized carbons (Fsp3) is 0.692. The van der Waals surface area contributed by atoms with Gasteiger partial charge in [0.1, 0.15) is 13.1 Å². The van der Waals surface area contributed by atoms with Crippen LogP contribution in [0.4, 0.5) is 13.2 Å². The van der Waals surface area contributed by atoms with Crippen LogP contribution in [0.3, 0.4) is 0 Å². The van der Waals surface area contributed by atoms with Crippen LogP contribution in [0.5, 0.6) is 0 Å². The highest BCUT2D eigenvalue weighted by molar-refractivity contribution is 5.85. The third-order valence-electron chi connectivity index (χ3n) is 2.91. The summed E-state index contributed by atoms with van der Waals surface area (Å²) in [5.74, 6) is -0.228. The molecule has 1 rings (SSSR count). The molecule has 0 spiro atoms. The van der Waals surface area contributed by atoms with Crippen LogP contribution in [0.2, 0.25) is 0 Å². The van der Waals surface area contributed by atoms with Crippen molar-refractivity contribution in [3.8, 4) is 0 Å². The van der Waals surface area contributed by atoms with Gasteiger partial charge in [-0.2, -0.15) is 13.2 Å². The number of nitrogens with one attached hydrogen (secondary N) is 2. The van der Waals surface area contributed by atoms with E-state index in [0.717, 1.165) is 19.9 Å². The van der Waals surface area contributed by atoms with Crippen LogP contribution in [-0.2, 0) is 4.79 Å². The third kappa shape index (κ3) is 7.01. The van der Waals surface area contributed by atoms with Crippen molar-refractivity contribution in [2.45, 2.75) is 32.0 Å². The van der Waals surface area contributed by atoms with Crippen molar-refractivity contribution in [3.05, 3.63) is 12.2 Å². The van der Waals surface area contributed by atoms with E-state index in [1.54, 1.807) is 0 Å². The molecular formula is C13H21F3N4O. The van der Waals surface area contributed by atoms with Crippen LogP contribution in [0.15, 0.2) is 17.1 Å². The molecule has 1 amide bonds. The molecule has 0 atom stereocenters. The Hall–Kier alpha value is -1.73. The Balaban J connectivity index is 2.50. The van der Waals surface area contributed by atoms with Crippen LogP contribution in [-0.4, -0.2) is 55.7 Å². The number of carbonyl (C=O) groups is 1. The van der Waals surface area contributed by atoms with Crippen molar-refractivity contribution in [1.82, 2.24) is 15.5 Å². The maximum atomic E-state index is 12.2. The van der Waals surface area contributed by atoms with E-state index in [-0.39, 0.29) is 12.6 Å². The Bertz CT molecular complexity index is 399. The first-order valence-electron chi connectivity index (χ1n) is 6.82. The molecular weight excluding hydrogens is 285 g/mol. The molecule has 0 aromatic rings. The number of guanidine groups is 1. The van der Waals surface area contributed by atoms with E-state index >= 15 is 0 Å². The second kappa shape index (κ2) is 7.90. The summed E-state index contributed by atoms with van der Waals surface area (Å²) in [6.45, 7) is 0.903. The molecule has 8 heteroatoms. The topological polar surface area (TPSA) is 56.7 Å². The molecule has 0 fully saturated rings. The lowest BCUT2D eigenvalue weighted by Gasteiger charge is -2.19. The Labute approximate surface area is 122 Å². The average molecular weight is 306 g/mol. The van der Waals surface area contributed by atoms with E-state index in [9.17, 15) is 18.0 Å². The molecule has 0 radical (unpaired) electrons. The van der Waals surface area contributed by atoms with Crippen LogP contribution in [0, 0.1) is 0 Å².